The van der Waals surface area contributed by atoms with E-state index in [2.05, 4.69) is 41.4 Å². The van der Waals surface area contributed by atoms with Gasteiger partial charge in [0.2, 0.25) is 0 Å². The van der Waals surface area contributed by atoms with Gasteiger partial charge in [0, 0.05) is 25.7 Å². The highest BCUT2D eigenvalue weighted by molar-refractivity contribution is 5.25. The molecule has 2 aliphatic heterocycles. The number of piperidine rings is 1. The normalized spacial score (nSPS) is 29.2. The summed E-state index contributed by atoms with van der Waals surface area (Å²) in [6.45, 7) is 7.09. The number of hydrogen-bond acceptors (Lipinski definition) is 2. The summed E-state index contributed by atoms with van der Waals surface area (Å²) in [7, 11) is 0. The summed E-state index contributed by atoms with van der Waals surface area (Å²) in [5, 5.41) is 3.67. The van der Waals surface area contributed by atoms with Crippen molar-refractivity contribution in [3.05, 3.63) is 35.4 Å². The zero-order valence-electron chi connectivity index (χ0n) is 10.7. The van der Waals surface area contributed by atoms with Crippen molar-refractivity contribution in [3.8, 4) is 0 Å². The van der Waals surface area contributed by atoms with E-state index in [1.807, 2.05) is 0 Å². The molecule has 2 fully saturated rings. The molecule has 0 bridgehead atoms. The molecule has 0 aliphatic carbocycles. The molecule has 2 nitrogen and oxygen atoms in total. The van der Waals surface area contributed by atoms with Crippen molar-refractivity contribution in [2.75, 3.05) is 19.6 Å². The zero-order valence-corrected chi connectivity index (χ0v) is 10.7. The quantitative estimate of drug-likeness (QED) is 0.837. The van der Waals surface area contributed by atoms with Crippen LogP contribution in [0.1, 0.15) is 24.0 Å². The molecule has 2 aliphatic rings. The smallest absolute Gasteiger partial charge is 0.0237 e. The predicted molar refractivity (Wildman–Crippen MR) is 71.0 cm³/mol. The maximum Gasteiger partial charge on any atom is 0.0237 e. The molecular weight excluding hydrogens is 208 g/mol. The Hall–Kier alpha value is -0.860. The minimum absolute atomic E-state index is 0.757. The van der Waals surface area contributed by atoms with Crippen LogP contribution >= 0.6 is 0 Å². The standard InChI is InChI=1S/C15H22N2/c1-12-5-2-3-6-13(12)9-17-10-14-7-4-8-16-15(14)11-17/h2-3,5-6,14-16H,4,7-11H2,1H3. The Morgan fingerprint density at radius 3 is 3.00 bits per heavy atom. The first-order chi connectivity index (χ1) is 8.33. The molecule has 17 heavy (non-hydrogen) atoms. The van der Waals surface area contributed by atoms with Crippen LogP contribution < -0.4 is 5.32 Å². The maximum absolute atomic E-state index is 3.67. The van der Waals surface area contributed by atoms with Gasteiger partial charge in [0.1, 0.15) is 0 Å². The van der Waals surface area contributed by atoms with Gasteiger partial charge in [0.05, 0.1) is 0 Å². The molecule has 1 N–H and O–H groups in total. The van der Waals surface area contributed by atoms with E-state index in [0.717, 1.165) is 18.5 Å². The number of likely N-dealkylation sites (tertiary alicyclic amines) is 1. The van der Waals surface area contributed by atoms with Crippen LogP contribution in [0.4, 0.5) is 0 Å². The molecule has 0 radical (unpaired) electrons. The highest BCUT2D eigenvalue weighted by Gasteiger charge is 2.33. The molecule has 0 aromatic heterocycles. The third-order valence-corrected chi connectivity index (χ3v) is 4.33. The van der Waals surface area contributed by atoms with E-state index in [1.165, 1.54) is 43.6 Å². The molecule has 2 atom stereocenters. The fourth-order valence-corrected chi connectivity index (χ4v) is 3.29. The number of nitrogens with zero attached hydrogens (tertiary/aromatic N) is 1. The van der Waals surface area contributed by atoms with Crippen LogP contribution in [0, 0.1) is 12.8 Å². The van der Waals surface area contributed by atoms with Gasteiger partial charge in [-0.25, -0.2) is 0 Å². The highest BCUT2D eigenvalue weighted by atomic mass is 15.2. The van der Waals surface area contributed by atoms with Gasteiger partial charge in [0.15, 0.2) is 0 Å². The summed E-state index contributed by atoms with van der Waals surface area (Å²) in [5.41, 5.74) is 2.92. The van der Waals surface area contributed by atoms with E-state index in [4.69, 9.17) is 0 Å². The molecule has 2 heteroatoms. The zero-order chi connectivity index (χ0) is 11.7. The molecule has 1 aromatic carbocycles. The molecular formula is C15H22N2. The Morgan fingerprint density at radius 2 is 2.18 bits per heavy atom. The molecule has 0 saturated carbocycles. The van der Waals surface area contributed by atoms with Crippen molar-refractivity contribution in [1.82, 2.24) is 10.2 Å². The van der Waals surface area contributed by atoms with Gasteiger partial charge in [-0.1, -0.05) is 24.3 Å². The van der Waals surface area contributed by atoms with E-state index in [1.54, 1.807) is 0 Å². The minimum atomic E-state index is 0.757. The van der Waals surface area contributed by atoms with E-state index in [9.17, 15) is 0 Å². The third kappa shape index (κ3) is 2.38. The number of fused-ring (bicyclic) bond motifs is 1. The lowest BCUT2D eigenvalue weighted by molar-refractivity contribution is 0.312. The van der Waals surface area contributed by atoms with E-state index < -0.39 is 0 Å². The number of aryl methyl sites for hydroxylation is 1. The average Bonchev–Trinajstić information content (AvgIpc) is 2.74. The van der Waals surface area contributed by atoms with Crippen LogP contribution in [0.15, 0.2) is 24.3 Å². The SMILES string of the molecule is Cc1ccccc1CN1CC2CCCNC2C1. The first-order valence-corrected chi connectivity index (χ1v) is 6.83. The number of rotatable bonds is 2. The lowest BCUT2D eigenvalue weighted by Gasteiger charge is -2.24. The average molecular weight is 230 g/mol. The molecule has 1 aromatic rings. The fourth-order valence-electron chi connectivity index (χ4n) is 3.29. The minimum Gasteiger partial charge on any atom is -0.312 e. The highest BCUT2D eigenvalue weighted by Crippen LogP contribution is 2.26. The fraction of sp³-hybridized carbons (Fsp3) is 0.600. The summed E-state index contributed by atoms with van der Waals surface area (Å²) in [6.07, 6.45) is 2.78. The van der Waals surface area contributed by atoms with E-state index in [-0.39, 0.29) is 0 Å². The molecule has 3 rings (SSSR count). The van der Waals surface area contributed by atoms with Crippen molar-refractivity contribution in [2.45, 2.75) is 32.4 Å². The number of hydrogen-bond donors (Lipinski definition) is 1. The Bertz CT molecular complexity index is 374. The second-order valence-electron chi connectivity index (χ2n) is 5.58. The second kappa shape index (κ2) is 4.79. The lowest BCUT2D eigenvalue weighted by Crippen LogP contribution is -2.40. The maximum atomic E-state index is 3.67. The number of nitrogens with one attached hydrogen (secondary N) is 1. The van der Waals surface area contributed by atoms with Crippen LogP contribution in [-0.4, -0.2) is 30.6 Å². The van der Waals surface area contributed by atoms with Crippen molar-refractivity contribution < 1.29 is 0 Å². The lowest BCUT2D eigenvalue weighted by atomic mass is 9.94. The molecule has 2 unspecified atom stereocenters. The first-order valence-electron chi connectivity index (χ1n) is 6.83. The van der Waals surface area contributed by atoms with Crippen molar-refractivity contribution >= 4 is 0 Å². The molecule has 2 heterocycles. The van der Waals surface area contributed by atoms with E-state index >= 15 is 0 Å². The van der Waals surface area contributed by atoms with E-state index in [0.29, 0.717) is 0 Å². The summed E-state index contributed by atoms with van der Waals surface area (Å²) in [6, 6.07) is 9.53. The van der Waals surface area contributed by atoms with Crippen molar-refractivity contribution in [3.63, 3.8) is 0 Å². The Morgan fingerprint density at radius 1 is 1.29 bits per heavy atom. The van der Waals surface area contributed by atoms with Gasteiger partial charge in [-0.05, 0) is 43.4 Å². The second-order valence-corrected chi connectivity index (χ2v) is 5.58. The monoisotopic (exact) mass is 230 g/mol. The van der Waals surface area contributed by atoms with Gasteiger partial charge in [-0.15, -0.1) is 0 Å². The summed E-state index contributed by atoms with van der Waals surface area (Å²) >= 11 is 0. The van der Waals surface area contributed by atoms with Crippen LogP contribution in [0.3, 0.4) is 0 Å². The van der Waals surface area contributed by atoms with Gasteiger partial charge < -0.3 is 5.32 Å². The largest absolute Gasteiger partial charge is 0.312 e. The summed E-state index contributed by atoms with van der Waals surface area (Å²) in [4.78, 5) is 2.62. The molecule has 2 saturated heterocycles. The van der Waals surface area contributed by atoms with Crippen LogP contribution in [0.2, 0.25) is 0 Å². The Kier molecular flexibility index (Phi) is 3.17. The topological polar surface area (TPSA) is 15.3 Å². The van der Waals surface area contributed by atoms with Gasteiger partial charge >= 0.3 is 0 Å². The van der Waals surface area contributed by atoms with Crippen LogP contribution in [0.25, 0.3) is 0 Å². The van der Waals surface area contributed by atoms with Gasteiger partial charge in [0.25, 0.3) is 0 Å². The summed E-state index contributed by atoms with van der Waals surface area (Å²) < 4.78 is 0. The van der Waals surface area contributed by atoms with Crippen molar-refractivity contribution in [2.24, 2.45) is 5.92 Å². The number of benzene rings is 1. The predicted octanol–water partition coefficient (Wildman–Crippen LogP) is 2.18. The van der Waals surface area contributed by atoms with Crippen LogP contribution in [-0.2, 0) is 6.54 Å². The Labute approximate surface area is 104 Å². The van der Waals surface area contributed by atoms with Crippen molar-refractivity contribution in [1.29, 1.82) is 0 Å². The molecule has 0 spiro atoms. The van der Waals surface area contributed by atoms with Gasteiger partial charge in [-0.2, -0.15) is 0 Å². The third-order valence-electron chi connectivity index (χ3n) is 4.33. The molecule has 0 amide bonds. The molecule has 92 valence electrons. The van der Waals surface area contributed by atoms with Gasteiger partial charge in [-0.3, -0.25) is 4.90 Å². The Balaban J connectivity index is 1.65. The van der Waals surface area contributed by atoms with Crippen LogP contribution in [0.5, 0.6) is 0 Å². The first kappa shape index (κ1) is 11.2. The summed E-state index contributed by atoms with van der Waals surface area (Å²) in [5.74, 6) is 0.896.